The first kappa shape index (κ1) is 81.5. The lowest BCUT2D eigenvalue weighted by atomic mass is 9.53. The molecule has 0 N–H and O–H groups in total. The fraction of sp³-hybridized carbons (Fsp3) is 0.529. The number of benzene rings is 8. The van der Waals surface area contributed by atoms with E-state index in [1.165, 1.54) is 162 Å². The van der Waals surface area contributed by atoms with Gasteiger partial charge in [-0.05, 0) is 240 Å². The molecule has 580 valence electrons. The molecular formula is C102H138N2O4. The van der Waals surface area contributed by atoms with Gasteiger partial charge in [-0.25, -0.2) is 0 Å². The van der Waals surface area contributed by atoms with Crippen LogP contribution in [0.4, 0.5) is 34.1 Å². The summed E-state index contributed by atoms with van der Waals surface area (Å²) < 4.78 is 27.9. The van der Waals surface area contributed by atoms with Gasteiger partial charge in [-0.2, -0.15) is 0 Å². The van der Waals surface area contributed by atoms with E-state index < -0.39 is 0 Å². The van der Waals surface area contributed by atoms with Gasteiger partial charge in [0.1, 0.15) is 11.5 Å². The van der Waals surface area contributed by atoms with Crippen molar-refractivity contribution in [1.29, 1.82) is 0 Å². The molecule has 108 heavy (non-hydrogen) atoms. The van der Waals surface area contributed by atoms with Crippen LogP contribution in [-0.2, 0) is 27.1 Å². The topological polar surface area (TPSA) is 43.4 Å². The van der Waals surface area contributed by atoms with E-state index in [2.05, 4.69) is 278 Å². The maximum absolute atomic E-state index is 7.58. The largest absolute Gasteiger partial charge is 0.493 e. The molecular weight excluding hydrogens is 1320 g/mol. The maximum atomic E-state index is 7.58. The molecule has 2 heterocycles. The predicted molar refractivity (Wildman–Crippen MR) is 463 cm³/mol. The van der Waals surface area contributed by atoms with Crippen molar-refractivity contribution in [1.82, 2.24) is 0 Å². The van der Waals surface area contributed by atoms with Gasteiger partial charge in [-0.15, -0.1) is 0 Å². The number of rotatable bonds is 43. The zero-order valence-electron chi connectivity index (χ0n) is 70.1. The molecule has 8 aromatic carbocycles. The predicted octanol–water partition coefficient (Wildman–Crippen LogP) is 32.0. The third-order valence-corrected chi connectivity index (χ3v) is 27.2. The number of anilines is 6. The summed E-state index contributed by atoms with van der Waals surface area (Å²) in [6, 6.07) is 61.0. The van der Waals surface area contributed by atoms with E-state index in [0.29, 0.717) is 11.8 Å². The molecule has 0 saturated heterocycles. The third kappa shape index (κ3) is 17.1. The van der Waals surface area contributed by atoms with E-state index in [4.69, 9.17) is 18.9 Å². The molecule has 0 spiro atoms. The Labute approximate surface area is 655 Å². The Bertz CT molecular complexity index is 4170. The summed E-state index contributed by atoms with van der Waals surface area (Å²) >= 11 is 0. The number of hydrogen-bond acceptors (Lipinski definition) is 6. The van der Waals surface area contributed by atoms with Gasteiger partial charge in [0.15, 0.2) is 23.0 Å². The van der Waals surface area contributed by atoms with E-state index >= 15 is 0 Å². The first-order valence-electron chi connectivity index (χ1n) is 43.7. The molecule has 3 unspecified atom stereocenters. The van der Waals surface area contributed by atoms with Gasteiger partial charge in [0, 0.05) is 27.6 Å². The van der Waals surface area contributed by atoms with Crippen molar-refractivity contribution in [2.75, 3.05) is 23.0 Å². The standard InChI is InChI=1S/C102H138N2O4/c1-17-29-33-35-37-39-64-101(65-40-38-36-34-30-18-2)88-68-78(98(13,14)24-8)45-57-86(88)87-58-46-80(69-89(87)101)100(16,63-21-5)102(27-11,28-12)81-48-62-93-97(71-81)108-95-67-77(44-60-91(95)104(93)83-51-55-85(56-52-83)106-73-75(23-7)42-32-20-4)76-43-59-90-94(66-76)107-96-70-79(99(15,25-9)26-10)47-61-92(96)103(90)82-49-53-84(54-50-82)105-72-74(22-6)41-31-19-3/h43-62,66-71,74-75H,17-42,63-65,72-73H2,1-16H3. The van der Waals surface area contributed by atoms with Crippen LogP contribution in [0.3, 0.4) is 0 Å². The third-order valence-electron chi connectivity index (χ3n) is 27.2. The molecule has 0 saturated carbocycles. The summed E-state index contributed by atoms with van der Waals surface area (Å²) in [6.07, 6.45) is 34.9. The smallest absolute Gasteiger partial charge is 0.152 e. The van der Waals surface area contributed by atoms with Crippen molar-refractivity contribution in [2.45, 2.75) is 324 Å². The zero-order valence-corrected chi connectivity index (χ0v) is 70.1. The molecule has 0 aromatic heterocycles. The summed E-state index contributed by atoms with van der Waals surface area (Å²) in [7, 11) is 0. The van der Waals surface area contributed by atoms with Gasteiger partial charge in [0.2, 0.25) is 0 Å². The Morgan fingerprint density at radius 3 is 1.19 bits per heavy atom. The number of unbranched alkanes of at least 4 members (excludes halogenated alkanes) is 12. The molecule has 3 aliphatic rings. The first-order chi connectivity index (χ1) is 52.4. The van der Waals surface area contributed by atoms with Gasteiger partial charge < -0.3 is 28.7 Å². The van der Waals surface area contributed by atoms with Crippen molar-refractivity contribution in [3.63, 3.8) is 0 Å². The van der Waals surface area contributed by atoms with Gasteiger partial charge in [0.25, 0.3) is 0 Å². The molecule has 2 aliphatic heterocycles. The van der Waals surface area contributed by atoms with Crippen molar-refractivity contribution < 1.29 is 18.9 Å². The molecule has 0 radical (unpaired) electrons. The van der Waals surface area contributed by atoms with Crippen molar-refractivity contribution in [2.24, 2.45) is 11.8 Å². The number of nitrogens with zero attached hydrogens (tertiary/aromatic N) is 2. The zero-order chi connectivity index (χ0) is 76.6. The molecule has 11 rings (SSSR count). The van der Waals surface area contributed by atoms with Crippen LogP contribution in [0, 0.1) is 11.8 Å². The normalized spacial score (nSPS) is 14.7. The Hall–Kier alpha value is -7.44. The lowest BCUT2D eigenvalue weighted by Gasteiger charge is -2.50. The van der Waals surface area contributed by atoms with E-state index in [9.17, 15) is 0 Å². The Balaban J connectivity index is 1.00. The van der Waals surface area contributed by atoms with E-state index in [1.54, 1.807) is 11.1 Å². The van der Waals surface area contributed by atoms with Crippen LogP contribution in [0.25, 0.3) is 22.3 Å². The van der Waals surface area contributed by atoms with Gasteiger partial charge in [-0.3, -0.25) is 0 Å². The van der Waals surface area contributed by atoms with E-state index in [0.717, 1.165) is 151 Å². The highest BCUT2D eigenvalue weighted by Gasteiger charge is 2.50. The highest BCUT2D eigenvalue weighted by molar-refractivity contribution is 5.91. The summed E-state index contributed by atoms with van der Waals surface area (Å²) in [4.78, 5) is 4.80. The van der Waals surface area contributed by atoms with Crippen LogP contribution >= 0.6 is 0 Å². The van der Waals surface area contributed by atoms with Crippen molar-refractivity contribution >= 4 is 34.1 Å². The Kier molecular flexibility index (Phi) is 28.0. The van der Waals surface area contributed by atoms with Crippen LogP contribution in [0.15, 0.2) is 158 Å². The molecule has 6 heteroatoms. The minimum Gasteiger partial charge on any atom is -0.493 e. The lowest BCUT2D eigenvalue weighted by Crippen LogP contribution is -2.47. The van der Waals surface area contributed by atoms with E-state index in [1.807, 2.05) is 0 Å². The maximum Gasteiger partial charge on any atom is 0.152 e. The van der Waals surface area contributed by atoms with Gasteiger partial charge in [-0.1, -0.05) is 293 Å². The fourth-order valence-corrected chi connectivity index (χ4v) is 18.9. The first-order valence-corrected chi connectivity index (χ1v) is 43.7. The number of hydrogen-bond donors (Lipinski definition) is 0. The average molecular weight is 1460 g/mol. The molecule has 0 fully saturated rings. The summed E-state index contributed by atoms with van der Waals surface area (Å²) in [5.41, 5.74) is 19.6. The van der Waals surface area contributed by atoms with E-state index in [-0.39, 0.29) is 27.1 Å². The van der Waals surface area contributed by atoms with Gasteiger partial charge >= 0.3 is 0 Å². The quantitative estimate of drug-likeness (QED) is 0.0355. The molecule has 0 bridgehead atoms. The van der Waals surface area contributed by atoms with Crippen LogP contribution in [0.1, 0.15) is 330 Å². The molecule has 6 nitrogen and oxygen atoms in total. The molecule has 3 atom stereocenters. The van der Waals surface area contributed by atoms with Crippen LogP contribution in [0.2, 0.25) is 0 Å². The SMILES string of the molecule is CCCCCCCCC1(CCCCCCCC)c2cc(C(C)(C)CC)ccc2-c2ccc(C(C)(CCC)C(CC)(CC)c3ccc4c(c3)Oc3cc(-c5ccc6c(c5)Oc5cc(C(C)(CC)CC)ccc5N6c5ccc(OCC(CC)CCCC)cc5)ccc3N4c3ccc(OCC(CC)CCCC)cc3)cc21. The van der Waals surface area contributed by atoms with Crippen LogP contribution in [-0.4, -0.2) is 13.2 Å². The highest BCUT2D eigenvalue weighted by Crippen LogP contribution is 2.61. The summed E-state index contributed by atoms with van der Waals surface area (Å²) in [6.45, 7) is 39.6. The number of ether oxygens (including phenoxy) is 4. The monoisotopic (exact) mass is 1460 g/mol. The van der Waals surface area contributed by atoms with Crippen LogP contribution < -0.4 is 28.7 Å². The molecule has 8 aromatic rings. The fourth-order valence-electron chi connectivity index (χ4n) is 18.9. The average Bonchev–Trinajstić information content (AvgIpc) is 1.47. The minimum absolute atomic E-state index is 0.0135. The Morgan fingerprint density at radius 2 is 0.759 bits per heavy atom. The Morgan fingerprint density at radius 1 is 0.361 bits per heavy atom. The molecule has 1 aliphatic carbocycles. The number of fused-ring (bicyclic) bond motifs is 7. The second-order valence-electron chi connectivity index (χ2n) is 34.1. The molecule has 0 amide bonds. The van der Waals surface area contributed by atoms with Crippen molar-refractivity contribution in [3.05, 3.63) is 191 Å². The minimum atomic E-state index is -0.246. The summed E-state index contributed by atoms with van der Waals surface area (Å²) in [5, 5.41) is 0. The second kappa shape index (κ2) is 37.1. The van der Waals surface area contributed by atoms with Gasteiger partial charge in [0.05, 0.1) is 36.0 Å². The van der Waals surface area contributed by atoms with Crippen LogP contribution in [0.5, 0.6) is 34.5 Å². The summed E-state index contributed by atoms with van der Waals surface area (Å²) in [5.74, 6) is 6.26. The highest BCUT2D eigenvalue weighted by atomic mass is 16.5. The van der Waals surface area contributed by atoms with Crippen molar-refractivity contribution in [3.8, 4) is 56.8 Å². The lowest BCUT2D eigenvalue weighted by molar-refractivity contribution is 0.195. The second-order valence-corrected chi connectivity index (χ2v) is 34.1.